The summed E-state index contributed by atoms with van der Waals surface area (Å²) in [5.74, 6) is 0.102. The van der Waals surface area contributed by atoms with Gasteiger partial charge in [-0.25, -0.2) is 9.55 Å². The average Bonchev–Trinajstić information content (AvgIpc) is 3.81. The van der Waals surface area contributed by atoms with Crippen molar-refractivity contribution in [2.75, 3.05) is 17.7 Å². The number of nitrogens with two attached hydrogens (primary N) is 1. The molecule has 2 aliphatic carbocycles. The SMILES string of the molecule is CC(C)OC(=O)[C@H](C)NP(=O)(Oc1ccccc1)OC1[C@H]2O[C@@H](n3cnc4c(N(C)C5CC5)nc(N)nc43)[C@](C)(O)[C@@]12O. The van der Waals surface area contributed by atoms with Crippen LogP contribution in [0.25, 0.3) is 11.2 Å². The monoisotopic (exact) mass is 617 g/mol. The molecule has 0 radical (unpaired) electrons. The van der Waals surface area contributed by atoms with Crippen molar-refractivity contribution in [3.63, 3.8) is 0 Å². The van der Waals surface area contributed by atoms with Crippen molar-refractivity contribution in [3.8, 4) is 5.75 Å². The van der Waals surface area contributed by atoms with Gasteiger partial charge in [-0.3, -0.25) is 13.9 Å². The first-order valence-corrected chi connectivity index (χ1v) is 15.6. The normalized spacial score (nSPS) is 30.1. The molecule has 3 fully saturated rings. The van der Waals surface area contributed by atoms with E-state index in [1.54, 1.807) is 44.2 Å². The quantitative estimate of drug-likeness (QED) is 0.180. The minimum absolute atomic E-state index is 0.0228. The number of para-hydroxylation sites is 1. The van der Waals surface area contributed by atoms with Gasteiger partial charge in [-0.05, 0) is 52.7 Å². The van der Waals surface area contributed by atoms with E-state index in [9.17, 15) is 19.6 Å². The minimum atomic E-state index is -4.35. The zero-order valence-corrected chi connectivity index (χ0v) is 25.3. The first kappa shape index (κ1) is 29.7. The Morgan fingerprint density at radius 1 is 1.23 bits per heavy atom. The highest BCUT2D eigenvalue weighted by atomic mass is 31.2. The van der Waals surface area contributed by atoms with E-state index in [4.69, 9.17) is 24.3 Å². The lowest BCUT2D eigenvalue weighted by Crippen LogP contribution is -2.49. The number of carbonyl (C=O) groups excluding carboxylic acids is 1. The lowest BCUT2D eigenvalue weighted by Gasteiger charge is -2.33. The van der Waals surface area contributed by atoms with E-state index in [1.807, 2.05) is 11.9 Å². The van der Waals surface area contributed by atoms with E-state index in [-0.39, 0.29) is 11.7 Å². The van der Waals surface area contributed by atoms with Crippen LogP contribution < -0.4 is 20.2 Å². The Balaban J connectivity index is 1.26. The number of imidazole rings is 1. The van der Waals surface area contributed by atoms with E-state index < -0.39 is 55.5 Å². The van der Waals surface area contributed by atoms with Crippen LogP contribution in [-0.4, -0.2) is 84.3 Å². The summed E-state index contributed by atoms with van der Waals surface area (Å²) in [5.41, 5.74) is 2.85. The number of ether oxygens (including phenoxy) is 2. The number of nitrogens with zero attached hydrogens (tertiary/aromatic N) is 5. The Labute approximate surface area is 247 Å². The molecule has 1 saturated heterocycles. The molecule has 1 aromatic carbocycles. The number of carbonyl (C=O) groups is 1. The molecule has 3 heterocycles. The highest BCUT2D eigenvalue weighted by Crippen LogP contribution is 2.65. The second-order valence-electron chi connectivity index (χ2n) is 11.7. The number of aromatic nitrogens is 4. The summed E-state index contributed by atoms with van der Waals surface area (Å²) in [6.07, 6.45) is -0.430. The van der Waals surface area contributed by atoms with Crippen LogP contribution >= 0.6 is 7.75 Å². The van der Waals surface area contributed by atoms with Crippen molar-refractivity contribution >= 4 is 36.6 Å². The van der Waals surface area contributed by atoms with Gasteiger partial charge in [0, 0.05) is 13.1 Å². The summed E-state index contributed by atoms with van der Waals surface area (Å²) >= 11 is 0. The standard InChI is InChI=1S/C27H36N7O8P/c1-14(2)39-23(35)15(3)32-43(38,41-17-9-7-6-8-10-17)42-20-19-27(20,37)26(4,36)24(40-19)34-13-29-18-21(33(5)16-11-12-16)30-25(28)31-22(18)34/h6-10,13-16,19-20,24,36-37H,11-12H2,1-5H3,(H,32,38)(H2,28,30,31)/t15-,19+,20?,24+,26-,27-,43?/m0/s1. The fourth-order valence-corrected chi connectivity index (χ4v) is 7.15. The van der Waals surface area contributed by atoms with Crippen molar-refractivity contribution in [1.82, 2.24) is 24.6 Å². The molecule has 2 saturated carbocycles. The maximum Gasteiger partial charge on any atom is 0.459 e. The molecule has 15 nitrogen and oxygen atoms in total. The Hall–Kier alpha value is -3.33. The number of anilines is 2. The van der Waals surface area contributed by atoms with Gasteiger partial charge in [0.25, 0.3) is 0 Å². The van der Waals surface area contributed by atoms with Crippen molar-refractivity contribution in [3.05, 3.63) is 36.7 Å². The highest BCUT2D eigenvalue weighted by molar-refractivity contribution is 7.52. The largest absolute Gasteiger partial charge is 0.462 e. The van der Waals surface area contributed by atoms with Crippen LogP contribution in [0.2, 0.25) is 0 Å². The lowest BCUT2D eigenvalue weighted by atomic mass is 9.95. The lowest BCUT2D eigenvalue weighted by molar-refractivity contribution is -0.155. The molecule has 2 aromatic heterocycles. The number of aliphatic hydroxyl groups is 2. The Bertz CT molecular complexity index is 1580. The highest BCUT2D eigenvalue weighted by Gasteiger charge is 2.84. The van der Waals surface area contributed by atoms with Crippen LogP contribution in [-0.2, 0) is 23.4 Å². The predicted molar refractivity (Wildman–Crippen MR) is 154 cm³/mol. The summed E-state index contributed by atoms with van der Waals surface area (Å²) in [6.45, 7) is 6.21. The molecule has 232 valence electrons. The molecule has 16 heteroatoms. The van der Waals surface area contributed by atoms with E-state index in [1.165, 1.54) is 24.7 Å². The van der Waals surface area contributed by atoms with Gasteiger partial charge in [0.1, 0.15) is 29.6 Å². The molecule has 1 aliphatic heterocycles. The molecule has 5 N–H and O–H groups in total. The van der Waals surface area contributed by atoms with Gasteiger partial charge in [0.15, 0.2) is 28.8 Å². The maximum atomic E-state index is 14.0. The molecule has 0 bridgehead atoms. The number of rotatable bonds is 11. The average molecular weight is 618 g/mol. The van der Waals surface area contributed by atoms with Crippen LogP contribution in [0.1, 0.15) is 46.8 Å². The molecule has 3 aliphatic rings. The van der Waals surface area contributed by atoms with E-state index in [0.717, 1.165) is 12.8 Å². The molecule has 6 rings (SSSR count). The summed E-state index contributed by atoms with van der Waals surface area (Å²) < 4.78 is 38.4. The first-order chi connectivity index (χ1) is 20.2. The van der Waals surface area contributed by atoms with Crippen molar-refractivity contribution in [2.45, 2.75) is 88.4 Å². The fraction of sp³-hybridized carbons (Fsp3) is 0.556. The molecular formula is C27H36N7O8P. The maximum absolute atomic E-state index is 14.0. The van der Waals surface area contributed by atoms with Crippen LogP contribution in [0, 0.1) is 0 Å². The Morgan fingerprint density at radius 2 is 1.93 bits per heavy atom. The fourth-order valence-electron chi connectivity index (χ4n) is 5.45. The molecule has 43 heavy (non-hydrogen) atoms. The molecule has 0 spiro atoms. The third kappa shape index (κ3) is 5.13. The number of benzene rings is 1. The number of fused-ring (bicyclic) bond motifs is 2. The second kappa shape index (κ2) is 10.4. The van der Waals surface area contributed by atoms with Crippen LogP contribution in [0.4, 0.5) is 11.8 Å². The third-order valence-corrected chi connectivity index (χ3v) is 9.64. The van der Waals surface area contributed by atoms with Crippen LogP contribution in [0.15, 0.2) is 36.7 Å². The molecule has 7 atom stereocenters. The van der Waals surface area contributed by atoms with Gasteiger partial charge >= 0.3 is 13.7 Å². The zero-order valence-electron chi connectivity index (χ0n) is 24.4. The van der Waals surface area contributed by atoms with Gasteiger partial charge in [-0.1, -0.05) is 18.2 Å². The number of nitrogen functional groups attached to an aromatic ring is 1. The number of hydrogen-bond acceptors (Lipinski definition) is 13. The van der Waals surface area contributed by atoms with Gasteiger partial charge in [-0.2, -0.15) is 15.1 Å². The van der Waals surface area contributed by atoms with Crippen molar-refractivity contribution < 1.29 is 38.1 Å². The Kier molecular flexibility index (Phi) is 7.18. The predicted octanol–water partition coefficient (Wildman–Crippen LogP) is 1.90. The van der Waals surface area contributed by atoms with Gasteiger partial charge in [0.2, 0.25) is 5.95 Å². The van der Waals surface area contributed by atoms with Crippen molar-refractivity contribution in [1.29, 1.82) is 0 Å². The molecule has 3 aromatic rings. The summed E-state index contributed by atoms with van der Waals surface area (Å²) in [4.78, 5) is 27.7. The summed E-state index contributed by atoms with van der Waals surface area (Å²) in [5, 5.41) is 26.0. The summed E-state index contributed by atoms with van der Waals surface area (Å²) in [7, 11) is -2.44. The molecule has 2 unspecified atom stereocenters. The van der Waals surface area contributed by atoms with Gasteiger partial charge < -0.3 is 34.8 Å². The van der Waals surface area contributed by atoms with Gasteiger partial charge in [0.05, 0.1) is 12.4 Å². The van der Waals surface area contributed by atoms with E-state index >= 15 is 0 Å². The van der Waals surface area contributed by atoms with Crippen LogP contribution in [0.5, 0.6) is 5.75 Å². The van der Waals surface area contributed by atoms with Crippen LogP contribution in [0.3, 0.4) is 0 Å². The first-order valence-electron chi connectivity index (χ1n) is 14.1. The van der Waals surface area contributed by atoms with Gasteiger partial charge in [-0.15, -0.1) is 0 Å². The molecule has 0 amide bonds. The smallest absolute Gasteiger partial charge is 0.459 e. The zero-order chi connectivity index (χ0) is 30.9. The second-order valence-corrected chi connectivity index (χ2v) is 13.4. The third-order valence-electron chi connectivity index (χ3n) is 7.98. The number of esters is 1. The van der Waals surface area contributed by atoms with E-state index in [2.05, 4.69) is 20.0 Å². The van der Waals surface area contributed by atoms with E-state index in [0.29, 0.717) is 23.0 Å². The number of hydrogen-bond donors (Lipinski definition) is 4. The Morgan fingerprint density at radius 3 is 2.53 bits per heavy atom. The number of nitrogens with one attached hydrogen (secondary N) is 1. The summed E-state index contributed by atoms with van der Waals surface area (Å²) in [6, 6.07) is 7.46. The minimum Gasteiger partial charge on any atom is -0.462 e. The molecular weight excluding hydrogens is 581 g/mol. The topological polar surface area (TPSA) is 196 Å². The van der Waals surface area contributed by atoms with Crippen molar-refractivity contribution in [2.24, 2.45) is 0 Å².